The van der Waals surface area contributed by atoms with Crippen molar-refractivity contribution < 1.29 is 14.4 Å². The van der Waals surface area contributed by atoms with Crippen LogP contribution in [0.3, 0.4) is 0 Å². The molecule has 1 N–H and O–H groups in total. The van der Waals surface area contributed by atoms with Gasteiger partial charge in [0.15, 0.2) is 5.78 Å². The minimum absolute atomic E-state index is 0.0222. The predicted molar refractivity (Wildman–Crippen MR) is 43.6 cm³/mol. The summed E-state index contributed by atoms with van der Waals surface area (Å²) >= 11 is 0. The summed E-state index contributed by atoms with van der Waals surface area (Å²) in [5.41, 5.74) is 0. The summed E-state index contributed by atoms with van der Waals surface area (Å²) in [7, 11) is 0. The van der Waals surface area contributed by atoms with Crippen LogP contribution in [0.25, 0.3) is 0 Å². The molecule has 0 aromatic carbocycles. The third-order valence-electron chi connectivity index (χ3n) is 1.55. The van der Waals surface area contributed by atoms with Crippen LogP contribution in [0.2, 0.25) is 0 Å². The monoisotopic (exact) mass is 171 g/mol. The molecule has 4 nitrogen and oxygen atoms in total. The van der Waals surface area contributed by atoms with Crippen LogP contribution >= 0.6 is 0 Å². The van der Waals surface area contributed by atoms with Crippen molar-refractivity contribution in [2.75, 3.05) is 0 Å². The van der Waals surface area contributed by atoms with Crippen molar-refractivity contribution in [2.24, 2.45) is 0 Å². The molecule has 0 radical (unpaired) electrons. The fourth-order valence-corrected chi connectivity index (χ4v) is 0.834. The summed E-state index contributed by atoms with van der Waals surface area (Å²) in [4.78, 5) is 31.4. The van der Waals surface area contributed by atoms with Crippen LogP contribution < -0.4 is 5.32 Å². The van der Waals surface area contributed by atoms with E-state index in [-0.39, 0.29) is 11.6 Å². The Bertz CT molecular complexity index is 189. The second-order valence-corrected chi connectivity index (χ2v) is 2.69. The summed E-state index contributed by atoms with van der Waals surface area (Å²) in [5, 5.41) is 2.36. The first-order valence-corrected chi connectivity index (χ1v) is 3.77. The molecule has 0 heterocycles. The highest BCUT2D eigenvalue weighted by Crippen LogP contribution is 1.98. The molecule has 0 aliphatic rings. The second-order valence-electron chi connectivity index (χ2n) is 2.69. The van der Waals surface area contributed by atoms with Crippen LogP contribution in [0.1, 0.15) is 26.7 Å². The Hall–Kier alpha value is -1.19. The van der Waals surface area contributed by atoms with Gasteiger partial charge in [0.25, 0.3) is 0 Å². The standard InChI is InChI=1S/C8H13NO3/c1-6(11)3-4-8(7(2)12)9-5-10/h5,8H,3-4H2,1-2H3,(H,9,10)/t8-/m0/s1. The van der Waals surface area contributed by atoms with Crippen LogP contribution in [-0.4, -0.2) is 24.0 Å². The predicted octanol–water partition coefficient (Wildman–Crippen LogP) is 0.0592. The number of carbonyl (C=O) groups is 3. The molecule has 1 atom stereocenters. The fraction of sp³-hybridized carbons (Fsp3) is 0.625. The van der Waals surface area contributed by atoms with E-state index in [0.29, 0.717) is 19.3 Å². The van der Waals surface area contributed by atoms with E-state index in [1.165, 1.54) is 13.8 Å². The molecule has 0 spiro atoms. The number of carbonyl (C=O) groups excluding carboxylic acids is 3. The smallest absolute Gasteiger partial charge is 0.207 e. The third kappa shape index (κ3) is 4.60. The van der Waals surface area contributed by atoms with E-state index in [1.54, 1.807) is 0 Å². The lowest BCUT2D eigenvalue weighted by atomic mass is 10.1. The molecule has 0 unspecified atom stereocenters. The number of rotatable bonds is 6. The van der Waals surface area contributed by atoms with Gasteiger partial charge in [0.05, 0.1) is 6.04 Å². The van der Waals surface area contributed by atoms with Crippen molar-refractivity contribution >= 4 is 18.0 Å². The van der Waals surface area contributed by atoms with Gasteiger partial charge < -0.3 is 10.1 Å². The maximum Gasteiger partial charge on any atom is 0.207 e. The largest absolute Gasteiger partial charge is 0.349 e. The third-order valence-corrected chi connectivity index (χ3v) is 1.55. The van der Waals surface area contributed by atoms with Crippen LogP contribution in [0, 0.1) is 0 Å². The molecule has 0 aromatic rings. The molecule has 0 aromatic heterocycles. The van der Waals surface area contributed by atoms with E-state index in [1.807, 2.05) is 0 Å². The van der Waals surface area contributed by atoms with Gasteiger partial charge in [0.1, 0.15) is 5.78 Å². The molecule has 1 amide bonds. The van der Waals surface area contributed by atoms with E-state index < -0.39 is 6.04 Å². The Labute approximate surface area is 71.3 Å². The minimum atomic E-state index is -0.508. The fourth-order valence-electron chi connectivity index (χ4n) is 0.834. The topological polar surface area (TPSA) is 63.2 Å². The lowest BCUT2D eigenvalue weighted by Crippen LogP contribution is -2.34. The van der Waals surface area contributed by atoms with E-state index in [0.717, 1.165) is 0 Å². The first-order valence-electron chi connectivity index (χ1n) is 3.77. The summed E-state index contributed by atoms with van der Waals surface area (Å²) in [6.07, 6.45) is 1.20. The zero-order chi connectivity index (χ0) is 9.56. The lowest BCUT2D eigenvalue weighted by molar-refractivity contribution is -0.122. The van der Waals surface area contributed by atoms with E-state index in [2.05, 4.69) is 5.32 Å². The Morgan fingerprint density at radius 2 is 2.00 bits per heavy atom. The highest BCUT2D eigenvalue weighted by molar-refractivity contribution is 5.84. The molecule has 0 rings (SSSR count). The summed E-state index contributed by atoms with van der Waals surface area (Å²) < 4.78 is 0. The molecule has 0 bridgehead atoms. The first-order chi connectivity index (χ1) is 5.57. The number of hydrogen-bond donors (Lipinski definition) is 1. The average Bonchev–Trinajstić information content (AvgIpc) is 1.96. The highest BCUT2D eigenvalue weighted by atomic mass is 16.1. The molecule has 0 saturated carbocycles. The highest BCUT2D eigenvalue weighted by Gasteiger charge is 2.12. The average molecular weight is 171 g/mol. The van der Waals surface area contributed by atoms with Gasteiger partial charge in [-0.05, 0) is 20.3 Å². The molecular formula is C8H13NO3. The summed E-state index contributed by atoms with van der Waals surface area (Å²) in [5.74, 6) is -0.0997. The molecule has 0 saturated heterocycles. The zero-order valence-electron chi connectivity index (χ0n) is 7.29. The van der Waals surface area contributed by atoms with Crippen LogP contribution in [0.4, 0.5) is 0 Å². The van der Waals surface area contributed by atoms with Gasteiger partial charge in [0, 0.05) is 6.42 Å². The van der Waals surface area contributed by atoms with Gasteiger partial charge in [0.2, 0.25) is 6.41 Å². The first kappa shape index (κ1) is 10.8. The van der Waals surface area contributed by atoms with Crippen molar-refractivity contribution in [1.82, 2.24) is 5.32 Å². The molecule has 0 fully saturated rings. The van der Waals surface area contributed by atoms with Gasteiger partial charge in [-0.2, -0.15) is 0 Å². The van der Waals surface area contributed by atoms with Gasteiger partial charge in [-0.1, -0.05) is 0 Å². The van der Waals surface area contributed by atoms with Gasteiger partial charge >= 0.3 is 0 Å². The van der Waals surface area contributed by atoms with Crippen molar-refractivity contribution in [3.05, 3.63) is 0 Å². The minimum Gasteiger partial charge on any atom is -0.349 e. The SMILES string of the molecule is CC(=O)CC[C@H](NC=O)C(C)=O. The van der Waals surface area contributed by atoms with Crippen LogP contribution in [0.5, 0.6) is 0 Å². The Kier molecular flexibility index (Phi) is 4.92. The Balaban J connectivity index is 3.86. The molecule has 4 heteroatoms. The van der Waals surface area contributed by atoms with E-state index in [4.69, 9.17) is 0 Å². The molecule has 0 aliphatic carbocycles. The van der Waals surface area contributed by atoms with Crippen molar-refractivity contribution in [2.45, 2.75) is 32.7 Å². The lowest BCUT2D eigenvalue weighted by Gasteiger charge is -2.10. The molecule has 12 heavy (non-hydrogen) atoms. The van der Waals surface area contributed by atoms with Crippen molar-refractivity contribution in [3.8, 4) is 0 Å². The maximum absolute atomic E-state index is 10.8. The maximum atomic E-state index is 10.8. The molecule has 68 valence electrons. The normalized spacial score (nSPS) is 11.8. The van der Waals surface area contributed by atoms with Gasteiger partial charge in [-0.25, -0.2) is 0 Å². The molecule has 0 aliphatic heterocycles. The zero-order valence-corrected chi connectivity index (χ0v) is 7.29. The van der Waals surface area contributed by atoms with Crippen LogP contribution in [-0.2, 0) is 14.4 Å². The Morgan fingerprint density at radius 3 is 2.33 bits per heavy atom. The van der Waals surface area contributed by atoms with E-state index in [9.17, 15) is 14.4 Å². The molecular weight excluding hydrogens is 158 g/mol. The summed E-state index contributed by atoms with van der Waals surface area (Å²) in [6.45, 7) is 2.85. The summed E-state index contributed by atoms with van der Waals surface area (Å²) in [6, 6.07) is -0.508. The van der Waals surface area contributed by atoms with Crippen molar-refractivity contribution in [3.63, 3.8) is 0 Å². The number of nitrogens with one attached hydrogen (secondary N) is 1. The quantitative estimate of drug-likeness (QED) is 0.575. The Morgan fingerprint density at radius 1 is 1.42 bits per heavy atom. The number of Topliss-reactive ketones (excluding diaryl/α,β-unsaturated/α-hetero) is 2. The van der Waals surface area contributed by atoms with Crippen molar-refractivity contribution in [1.29, 1.82) is 0 Å². The van der Waals surface area contributed by atoms with E-state index >= 15 is 0 Å². The second kappa shape index (κ2) is 5.46. The van der Waals surface area contributed by atoms with Gasteiger partial charge in [-0.15, -0.1) is 0 Å². The van der Waals surface area contributed by atoms with Gasteiger partial charge in [-0.3, -0.25) is 9.59 Å². The number of ketones is 2. The number of amides is 1. The van der Waals surface area contributed by atoms with Crippen LogP contribution in [0.15, 0.2) is 0 Å². The number of hydrogen-bond acceptors (Lipinski definition) is 3.